The van der Waals surface area contributed by atoms with Crippen molar-refractivity contribution in [2.75, 3.05) is 13.7 Å². The number of hydrogen-bond donors (Lipinski definition) is 1. The zero-order valence-corrected chi connectivity index (χ0v) is 20.0. The molecule has 6 nitrogen and oxygen atoms in total. The van der Waals surface area contributed by atoms with Crippen molar-refractivity contribution in [1.82, 2.24) is 10.2 Å². The molecule has 0 aromatic heterocycles. The summed E-state index contributed by atoms with van der Waals surface area (Å²) in [6.45, 7) is 4.20. The van der Waals surface area contributed by atoms with E-state index in [2.05, 4.69) is 11.4 Å². The van der Waals surface area contributed by atoms with Crippen LogP contribution in [0.15, 0.2) is 48.5 Å². The topological polar surface area (TPSA) is 67.9 Å². The zero-order valence-electron chi connectivity index (χ0n) is 20.0. The van der Waals surface area contributed by atoms with Crippen LogP contribution in [-0.2, 0) is 16.1 Å². The third-order valence-corrected chi connectivity index (χ3v) is 6.19. The van der Waals surface area contributed by atoms with E-state index in [0.717, 1.165) is 42.6 Å². The fourth-order valence-electron chi connectivity index (χ4n) is 4.37. The minimum atomic E-state index is -0.542. The number of nitrogens with one attached hydrogen (secondary N) is 1. The van der Waals surface area contributed by atoms with E-state index >= 15 is 0 Å². The van der Waals surface area contributed by atoms with E-state index in [4.69, 9.17) is 9.47 Å². The summed E-state index contributed by atoms with van der Waals surface area (Å²) in [6.07, 6.45) is 6.07. The Bertz CT molecular complexity index is 907. The Morgan fingerprint density at radius 3 is 2.39 bits per heavy atom. The summed E-state index contributed by atoms with van der Waals surface area (Å²) in [6, 6.07) is 14.8. The van der Waals surface area contributed by atoms with Gasteiger partial charge in [-0.1, -0.05) is 56.0 Å². The van der Waals surface area contributed by atoms with Gasteiger partial charge in [0.2, 0.25) is 5.91 Å². The van der Waals surface area contributed by atoms with Gasteiger partial charge in [-0.25, -0.2) is 0 Å². The van der Waals surface area contributed by atoms with Crippen LogP contribution in [-0.4, -0.2) is 42.5 Å². The number of rotatable bonds is 10. The Kier molecular flexibility index (Phi) is 9.16. The predicted octanol–water partition coefficient (Wildman–Crippen LogP) is 4.64. The lowest BCUT2D eigenvalue weighted by molar-refractivity contribution is -0.143. The zero-order chi connectivity index (χ0) is 23.6. The maximum absolute atomic E-state index is 13.3. The van der Waals surface area contributed by atoms with E-state index in [-0.39, 0.29) is 24.5 Å². The lowest BCUT2D eigenvalue weighted by Crippen LogP contribution is -2.52. The van der Waals surface area contributed by atoms with E-state index in [1.54, 1.807) is 36.3 Å². The third kappa shape index (κ3) is 7.24. The number of benzene rings is 2. The molecule has 3 rings (SSSR count). The predicted molar refractivity (Wildman–Crippen MR) is 129 cm³/mol. The summed E-state index contributed by atoms with van der Waals surface area (Å²) in [5, 5.41) is 3.20. The summed E-state index contributed by atoms with van der Waals surface area (Å²) < 4.78 is 10.9. The van der Waals surface area contributed by atoms with Crippen LogP contribution in [0.5, 0.6) is 11.5 Å². The van der Waals surface area contributed by atoms with E-state index in [1.807, 2.05) is 32.0 Å². The molecule has 0 bridgehead atoms. The van der Waals surface area contributed by atoms with Gasteiger partial charge in [-0.2, -0.15) is 0 Å². The highest BCUT2D eigenvalue weighted by atomic mass is 16.5. The van der Waals surface area contributed by atoms with Gasteiger partial charge in [0, 0.05) is 12.6 Å². The maximum atomic E-state index is 13.3. The fourth-order valence-corrected chi connectivity index (χ4v) is 4.37. The quantitative estimate of drug-likeness (QED) is 0.570. The SMILES string of the molecule is CC[C@@H](C(=O)NC1CCCCC1)N(Cc1cccc(C)c1)C(=O)COc1ccc(OC)cc1. The molecule has 33 heavy (non-hydrogen) atoms. The summed E-state index contributed by atoms with van der Waals surface area (Å²) in [4.78, 5) is 28.2. The minimum absolute atomic E-state index is 0.0742. The molecule has 0 spiro atoms. The second kappa shape index (κ2) is 12.3. The summed E-state index contributed by atoms with van der Waals surface area (Å²) in [5.74, 6) is 1.02. The largest absolute Gasteiger partial charge is 0.497 e. The van der Waals surface area contributed by atoms with E-state index in [1.165, 1.54) is 6.42 Å². The van der Waals surface area contributed by atoms with Gasteiger partial charge >= 0.3 is 0 Å². The van der Waals surface area contributed by atoms with Gasteiger partial charge in [0.1, 0.15) is 17.5 Å². The van der Waals surface area contributed by atoms with Crippen LogP contribution in [0.2, 0.25) is 0 Å². The van der Waals surface area contributed by atoms with Crippen LogP contribution in [0.1, 0.15) is 56.6 Å². The van der Waals surface area contributed by atoms with E-state index in [9.17, 15) is 9.59 Å². The van der Waals surface area contributed by atoms with Crippen molar-refractivity contribution in [3.8, 4) is 11.5 Å². The van der Waals surface area contributed by atoms with Gasteiger partial charge < -0.3 is 19.7 Å². The maximum Gasteiger partial charge on any atom is 0.261 e. The smallest absolute Gasteiger partial charge is 0.261 e. The van der Waals surface area contributed by atoms with Gasteiger partial charge in [-0.15, -0.1) is 0 Å². The van der Waals surface area contributed by atoms with Gasteiger partial charge in [0.15, 0.2) is 6.61 Å². The molecule has 0 radical (unpaired) electrons. The van der Waals surface area contributed by atoms with E-state index in [0.29, 0.717) is 18.7 Å². The average molecular weight is 453 g/mol. The summed E-state index contributed by atoms with van der Waals surface area (Å²) in [7, 11) is 1.60. The second-order valence-corrected chi connectivity index (χ2v) is 8.74. The monoisotopic (exact) mass is 452 g/mol. The molecule has 1 aliphatic carbocycles. The lowest BCUT2D eigenvalue weighted by atomic mass is 9.95. The number of ether oxygens (including phenoxy) is 2. The molecule has 1 aliphatic rings. The molecule has 2 amide bonds. The molecule has 0 heterocycles. The molecule has 1 saturated carbocycles. The number of amides is 2. The summed E-state index contributed by atoms with van der Waals surface area (Å²) >= 11 is 0. The van der Waals surface area contributed by atoms with Crippen LogP contribution in [0.25, 0.3) is 0 Å². The molecule has 178 valence electrons. The first-order chi connectivity index (χ1) is 16.0. The highest BCUT2D eigenvalue weighted by Crippen LogP contribution is 2.20. The minimum Gasteiger partial charge on any atom is -0.497 e. The number of methoxy groups -OCH3 is 1. The molecule has 0 aliphatic heterocycles. The number of nitrogens with zero attached hydrogens (tertiary/aromatic N) is 1. The van der Waals surface area contributed by atoms with Crippen molar-refractivity contribution in [2.24, 2.45) is 0 Å². The van der Waals surface area contributed by atoms with Crippen molar-refractivity contribution in [3.63, 3.8) is 0 Å². The number of carbonyl (C=O) groups excluding carboxylic acids is 2. The molecular weight excluding hydrogens is 416 g/mol. The second-order valence-electron chi connectivity index (χ2n) is 8.74. The van der Waals surface area contributed by atoms with Crippen molar-refractivity contribution in [1.29, 1.82) is 0 Å². The van der Waals surface area contributed by atoms with Gasteiger partial charge in [-0.3, -0.25) is 9.59 Å². The average Bonchev–Trinajstić information content (AvgIpc) is 2.83. The van der Waals surface area contributed by atoms with Crippen LogP contribution in [0.3, 0.4) is 0 Å². The highest BCUT2D eigenvalue weighted by molar-refractivity contribution is 5.88. The standard InChI is InChI=1S/C27H36N2O4/c1-4-25(27(31)28-22-11-6-5-7-12-22)29(18-21-10-8-9-20(2)17-21)26(30)19-33-24-15-13-23(32-3)14-16-24/h8-10,13-17,22,25H,4-7,11-12,18-19H2,1-3H3,(H,28,31)/t25-/m0/s1. The molecular formula is C27H36N2O4. The van der Waals surface area contributed by atoms with Crippen LogP contribution < -0.4 is 14.8 Å². The fraction of sp³-hybridized carbons (Fsp3) is 0.481. The van der Waals surface area contributed by atoms with Crippen LogP contribution in [0, 0.1) is 6.92 Å². The first-order valence-corrected chi connectivity index (χ1v) is 11.9. The van der Waals surface area contributed by atoms with Crippen molar-refractivity contribution < 1.29 is 19.1 Å². The summed E-state index contributed by atoms with van der Waals surface area (Å²) in [5.41, 5.74) is 2.12. The molecule has 2 aromatic rings. The highest BCUT2D eigenvalue weighted by Gasteiger charge is 2.30. The number of hydrogen-bond acceptors (Lipinski definition) is 4. The van der Waals surface area contributed by atoms with Crippen molar-refractivity contribution >= 4 is 11.8 Å². The molecule has 2 aromatic carbocycles. The first kappa shape index (κ1) is 24.6. The number of aryl methyl sites for hydroxylation is 1. The number of carbonyl (C=O) groups is 2. The Hall–Kier alpha value is -3.02. The van der Waals surface area contributed by atoms with Gasteiger partial charge in [-0.05, 0) is 56.0 Å². The molecule has 1 fully saturated rings. The molecule has 0 saturated heterocycles. The van der Waals surface area contributed by atoms with Gasteiger partial charge in [0.05, 0.1) is 7.11 Å². The normalized spacial score (nSPS) is 14.9. The van der Waals surface area contributed by atoms with Gasteiger partial charge in [0.25, 0.3) is 5.91 Å². The van der Waals surface area contributed by atoms with Crippen LogP contribution in [0.4, 0.5) is 0 Å². The van der Waals surface area contributed by atoms with Crippen molar-refractivity contribution in [2.45, 2.75) is 71.0 Å². The Labute approximate surface area is 197 Å². The van der Waals surface area contributed by atoms with Crippen LogP contribution >= 0.6 is 0 Å². The Balaban J connectivity index is 1.74. The Morgan fingerprint density at radius 2 is 1.76 bits per heavy atom. The Morgan fingerprint density at radius 1 is 1.06 bits per heavy atom. The molecule has 6 heteroatoms. The molecule has 1 N–H and O–H groups in total. The third-order valence-electron chi connectivity index (χ3n) is 6.19. The molecule has 0 unspecified atom stereocenters. The van der Waals surface area contributed by atoms with Crippen molar-refractivity contribution in [3.05, 3.63) is 59.7 Å². The molecule has 1 atom stereocenters. The lowest BCUT2D eigenvalue weighted by Gasteiger charge is -2.32. The first-order valence-electron chi connectivity index (χ1n) is 11.9. The van der Waals surface area contributed by atoms with E-state index < -0.39 is 6.04 Å².